The van der Waals surface area contributed by atoms with Crippen LogP contribution in [0.4, 0.5) is 8.78 Å². The summed E-state index contributed by atoms with van der Waals surface area (Å²) in [6.07, 6.45) is -1.81. The van der Waals surface area contributed by atoms with E-state index in [2.05, 4.69) is 15.9 Å². The third kappa shape index (κ3) is 2.53. The van der Waals surface area contributed by atoms with Crippen molar-refractivity contribution in [2.24, 2.45) is 0 Å². The Bertz CT molecular complexity index is 310. The van der Waals surface area contributed by atoms with Crippen LogP contribution in [-0.2, 0) is 0 Å². The molecule has 0 radical (unpaired) electrons. The van der Waals surface area contributed by atoms with Gasteiger partial charge in [0.15, 0.2) is 0 Å². The minimum absolute atomic E-state index is 0.472. The predicted molar refractivity (Wildman–Crippen MR) is 57.9 cm³/mol. The van der Waals surface area contributed by atoms with Crippen molar-refractivity contribution >= 4 is 15.9 Å². The zero-order valence-electron chi connectivity index (χ0n) is 8.23. The van der Waals surface area contributed by atoms with Gasteiger partial charge < -0.3 is 0 Å². The SMILES string of the molecule is CC[C@@H](c1ccc(Br)cc1C)C(F)F. The van der Waals surface area contributed by atoms with Crippen LogP contribution in [0.5, 0.6) is 0 Å². The Kier molecular flexibility index (Phi) is 4.05. The molecule has 0 bridgehead atoms. The molecule has 1 aromatic carbocycles. The van der Waals surface area contributed by atoms with E-state index in [1.54, 1.807) is 13.0 Å². The molecule has 0 aromatic heterocycles. The summed E-state index contributed by atoms with van der Waals surface area (Å²) in [5, 5.41) is 0. The highest BCUT2D eigenvalue weighted by molar-refractivity contribution is 9.10. The molecule has 0 N–H and O–H groups in total. The Hall–Kier alpha value is -0.440. The lowest BCUT2D eigenvalue weighted by Gasteiger charge is -2.16. The molecule has 0 unspecified atom stereocenters. The first-order valence-corrected chi connectivity index (χ1v) is 5.39. The molecule has 78 valence electrons. The average Bonchev–Trinajstić information content (AvgIpc) is 2.09. The van der Waals surface area contributed by atoms with E-state index < -0.39 is 12.3 Å². The van der Waals surface area contributed by atoms with Crippen LogP contribution in [0.25, 0.3) is 0 Å². The first-order chi connectivity index (χ1) is 6.56. The molecule has 0 aliphatic rings. The monoisotopic (exact) mass is 262 g/mol. The van der Waals surface area contributed by atoms with E-state index >= 15 is 0 Å². The summed E-state index contributed by atoms with van der Waals surface area (Å²) in [5.41, 5.74) is 1.68. The number of benzene rings is 1. The van der Waals surface area contributed by atoms with E-state index in [-0.39, 0.29) is 0 Å². The second kappa shape index (κ2) is 4.87. The Morgan fingerprint density at radius 1 is 1.36 bits per heavy atom. The quantitative estimate of drug-likeness (QED) is 0.752. The van der Waals surface area contributed by atoms with Crippen LogP contribution in [0, 0.1) is 6.92 Å². The van der Waals surface area contributed by atoms with Gasteiger partial charge in [0.1, 0.15) is 0 Å². The van der Waals surface area contributed by atoms with Crippen molar-refractivity contribution in [3.63, 3.8) is 0 Å². The third-order valence-corrected chi connectivity index (χ3v) is 2.87. The van der Waals surface area contributed by atoms with Crippen molar-refractivity contribution < 1.29 is 8.78 Å². The summed E-state index contributed by atoms with van der Waals surface area (Å²) in [6, 6.07) is 5.47. The second-order valence-electron chi connectivity index (χ2n) is 3.35. The minimum atomic E-state index is -2.28. The maximum Gasteiger partial charge on any atom is 0.245 e. The molecule has 0 fully saturated rings. The molecule has 0 saturated carbocycles. The Morgan fingerprint density at radius 2 is 2.00 bits per heavy atom. The molecule has 14 heavy (non-hydrogen) atoms. The van der Waals surface area contributed by atoms with Crippen LogP contribution >= 0.6 is 15.9 Å². The molecule has 0 saturated heterocycles. The number of rotatable bonds is 3. The highest BCUT2D eigenvalue weighted by Crippen LogP contribution is 2.30. The topological polar surface area (TPSA) is 0 Å². The smallest absolute Gasteiger partial charge is 0.210 e. The van der Waals surface area contributed by atoms with Gasteiger partial charge in [-0.25, -0.2) is 8.78 Å². The largest absolute Gasteiger partial charge is 0.245 e. The molecule has 1 rings (SSSR count). The molecule has 0 amide bonds. The molecule has 3 heteroatoms. The lowest BCUT2D eigenvalue weighted by Crippen LogP contribution is -2.09. The highest BCUT2D eigenvalue weighted by atomic mass is 79.9. The van der Waals surface area contributed by atoms with Crippen LogP contribution in [0.1, 0.15) is 30.4 Å². The van der Waals surface area contributed by atoms with Gasteiger partial charge in [-0.1, -0.05) is 28.9 Å². The van der Waals surface area contributed by atoms with Gasteiger partial charge in [-0.15, -0.1) is 0 Å². The van der Waals surface area contributed by atoms with E-state index in [1.165, 1.54) is 0 Å². The highest BCUT2D eigenvalue weighted by Gasteiger charge is 2.21. The molecule has 0 heterocycles. The van der Waals surface area contributed by atoms with Crippen LogP contribution < -0.4 is 0 Å². The van der Waals surface area contributed by atoms with Crippen molar-refractivity contribution in [3.8, 4) is 0 Å². The fraction of sp³-hybridized carbons (Fsp3) is 0.455. The van der Waals surface area contributed by atoms with E-state index in [4.69, 9.17) is 0 Å². The Labute approximate surface area is 91.5 Å². The molecule has 0 spiro atoms. The molecule has 0 aliphatic carbocycles. The summed E-state index contributed by atoms with van der Waals surface area (Å²) < 4.78 is 26.2. The van der Waals surface area contributed by atoms with Gasteiger partial charge >= 0.3 is 0 Å². The van der Waals surface area contributed by atoms with E-state index in [9.17, 15) is 8.78 Å². The maximum absolute atomic E-state index is 12.7. The maximum atomic E-state index is 12.7. The lowest BCUT2D eigenvalue weighted by atomic mass is 9.93. The first kappa shape index (κ1) is 11.6. The molecular weight excluding hydrogens is 250 g/mol. The molecular formula is C11H13BrF2. The normalized spacial score (nSPS) is 13.3. The summed E-state index contributed by atoms with van der Waals surface area (Å²) in [6.45, 7) is 3.66. The van der Waals surface area contributed by atoms with Crippen molar-refractivity contribution in [3.05, 3.63) is 33.8 Å². The van der Waals surface area contributed by atoms with E-state index in [1.807, 2.05) is 19.1 Å². The van der Waals surface area contributed by atoms with Gasteiger partial charge in [-0.2, -0.15) is 0 Å². The fourth-order valence-electron chi connectivity index (χ4n) is 1.59. The standard InChI is InChI=1S/C11H13BrF2/c1-3-9(11(13)14)10-5-4-8(12)6-7(10)2/h4-6,9,11H,3H2,1-2H3/t9-/m0/s1. The molecule has 1 aromatic rings. The summed E-state index contributed by atoms with van der Waals surface area (Å²) in [4.78, 5) is 0. The molecule has 0 aliphatic heterocycles. The van der Waals surface area contributed by atoms with Gasteiger partial charge in [0.05, 0.1) is 0 Å². The Balaban J connectivity index is 3.04. The molecule has 0 nitrogen and oxygen atoms in total. The van der Waals surface area contributed by atoms with Gasteiger partial charge in [0.25, 0.3) is 0 Å². The predicted octanol–water partition coefficient (Wildman–Crippen LogP) is 4.52. The number of aryl methyl sites for hydroxylation is 1. The van der Waals surface area contributed by atoms with Crippen molar-refractivity contribution in [1.29, 1.82) is 0 Å². The Morgan fingerprint density at radius 3 is 2.43 bits per heavy atom. The van der Waals surface area contributed by atoms with E-state index in [0.717, 1.165) is 15.6 Å². The second-order valence-corrected chi connectivity index (χ2v) is 4.27. The zero-order valence-corrected chi connectivity index (χ0v) is 9.81. The van der Waals surface area contributed by atoms with Crippen LogP contribution in [0.2, 0.25) is 0 Å². The van der Waals surface area contributed by atoms with E-state index in [0.29, 0.717) is 6.42 Å². The van der Waals surface area contributed by atoms with Gasteiger partial charge in [-0.05, 0) is 36.6 Å². The van der Waals surface area contributed by atoms with Crippen molar-refractivity contribution in [1.82, 2.24) is 0 Å². The minimum Gasteiger partial charge on any atom is -0.210 e. The average molecular weight is 263 g/mol. The van der Waals surface area contributed by atoms with Gasteiger partial charge in [-0.3, -0.25) is 0 Å². The number of hydrogen-bond acceptors (Lipinski definition) is 0. The fourth-order valence-corrected chi connectivity index (χ4v) is 2.06. The lowest BCUT2D eigenvalue weighted by molar-refractivity contribution is 0.112. The number of hydrogen-bond donors (Lipinski definition) is 0. The van der Waals surface area contributed by atoms with Crippen molar-refractivity contribution in [2.75, 3.05) is 0 Å². The van der Waals surface area contributed by atoms with Crippen molar-refractivity contribution in [2.45, 2.75) is 32.6 Å². The third-order valence-electron chi connectivity index (χ3n) is 2.38. The summed E-state index contributed by atoms with van der Waals surface area (Å²) in [7, 11) is 0. The van der Waals surface area contributed by atoms with Crippen LogP contribution in [0.3, 0.4) is 0 Å². The van der Waals surface area contributed by atoms with Gasteiger partial charge in [0.2, 0.25) is 6.43 Å². The zero-order chi connectivity index (χ0) is 10.7. The summed E-state index contributed by atoms with van der Waals surface area (Å²) in [5.74, 6) is -0.636. The van der Waals surface area contributed by atoms with Crippen LogP contribution in [-0.4, -0.2) is 6.43 Å². The summed E-state index contributed by atoms with van der Waals surface area (Å²) >= 11 is 3.32. The molecule has 1 atom stereocenters. The van der Waals surface area contributed by atoms with Crippen LogP contribution in [0.15, 0.2) is 22.7 Å². The number of halogens is 3. The first-order valence-electron chi connectivity index (χ1n) is 4.60. The van der Waals surface area contributed by atoms with Gasteiger partial charge in [0, 0.05) is 10.4 Å². The number of alkyl halides is 2.